The van der Waals surface area contributed by atoms with Gasteiger partial charge in [0, 0.05) is 25.4 Å². The van der Waals surface area contributed by atoms with Crippen molar-refractivity contribution in [2.75, 3.05) is 6.61 Å². The number of carbonyl (C=O) groups is 1. The van der Waals surface area contributed by atoms with Crippen LogP contribution in [0, 0.1) is 0 Å². The zero-order valence-electron chi connectivity index (χ0n) is 20.2. The van der Waals surface area contributed by atoms with Crippen LogP contribution in [0.4, 0.5) is 0 Å². The molecule has 0 spiro atoms. The summed E-state index contributed by atoms with van der Waals surface area (Å²) < 4.78 is 9.13. The van der Waals surface area contributed by atoms with Crippen molar-refractivity contribution < 1.29 is 14.6 Å². The van der Waals surface area contributed by atoms with Gasteiger partial charge in [-0.25, -0.2) is 9.78 Å². The van der Waals surface area contributed by atoms with Gasteiger partial charge in [-0.1, -0.05) is 50.0 Å². The molecule has 6 nitrogen and oxygen atoms in total. The van der Waals surface area contributed by atoms with Crippen LogP contribution in [0.15, 0.2) is 71.3 Å². The Kier molecular flexibility index (Phi) is 7.84. The first kappa shape index (κ1) is 25.3. The van der Waals surface area contributed by atoms with Gasteiger partial charge >= 0.3 is 5.97 Å². The standard InChI is InChI=1S/C27H30BrN3O3Si/c1-35(2,3)14-13-34-18-31-25-12-9-20(27(32)33)16-24(25)30-26(31)22(15-19-7-5-4-6-8-19)23-11-10-21(28)17-29-23/h4-12,16-17,22H,13-15,18H2,1-3H3,(H,32,33). The Morgan fingerprint density at radius 3 is 2.54 bits per heavy atom. The normalized spacial score (nSPS) is 12.7. The third-order valence-electron chi connectivity index (χ3n) is 5.94. The molecule has 2 heterocycles. The molecule has 1 atom stereocenters. The summed E-state index contributed by atoms with van der Waals surface area (Å²) in [6.07, 6.45) is 2.51. The lowest BCUT2D eigenvalue weighted by Crippen LogP contribution is -2.22. The average molecular weight is 553 g/mol. The van der Waals surface area contributed by atoms with Crippen LogP contribution in [0.2, 0.25) is 25.7 Å². The predicted molar refractivity (Wildman–Crippen MR) is 145 cm³/mol. The van der Waals surface area contributed by atoms with Crippen molar-refractivity contribution in [1.29, 1.82) is 0 Å². The largest absolute Gasteiger partial charge is 0.478 e. The molecule has 182 valence electrons. The second kappa shape index (κ2) is 10.8. The number of nitrogens with zero attached hydrogens (tertiary/aromatic N) is 3. The fourth-order valence-electron chi connectivity index (χ4n) is 3.99. The lowest BCUT2D eigenvalue weighted by Gasteiger charge is -2.20. The second-order valence-electron chi connectivity index (χ2n) is 9.90. The summed E-state index contributed by atoms with van der Waals surface area (Å²) in [6, 6.07) is 20.4. The summed E-state index contributed by atoms with van der Waals surface area (Å²) >= 11 is 3.48. The number of hydrogen-bond donors (Lipinski definition) is 1. The van der Waals surface area contributed by atoms with Crippen LogP contribution in [0.5, 0.6) is 0 Å². The van der Waals surface area contributed by atoms with E-state index in [1.165, 1.54) is 5.56 Å². The van der Waals surface area contributed by atoms with Crippen LogP contribution in [0.3, 0.4) is 0 Å². The monoisotopic (exact) mass is 551 g/mol. The number of imidazole rings is 1. The van der Waals surface area contributed by atoms with Crippen LogP contribution >= 0.6 is 15.9 Å². The van der Waals surface area contributed by atoms with E-state index in [0.29, 0.717) is 25.3 Å². The van der Waals surface area contributed by atoms with E-state index in [-0.39, 0.29) is 11.5 Å². The van der Waals surface area contributed by atoms with Gasteiger partial charge in [0.05, 0.1) is 28.2 Å². The Balaban J connectivity index is 1.79. The molecule has 0 saturated carbocycles. The van der Waals surface area contributed by atoms with Crippen molar-refractivity contribution in [3.05, 3.63) is 94.0 Å². The SMILES string of the molecule is C[Si](C)(C)CCOCn1c(C(Cc2ccccc2)c2ccc(Br)cn2)nc2cc(C(=O)O)ccc21. The smallest absolute Gasteiger partial charge is 0.335 e. The Labute approximate surface area is 215 Å². The third kappa shape index (κ3) is 6.45. The lowest BCUT2D eigenvalue weighted by atomic mass is 9.94. The topological polar surface area (TPSA) is 77.2 Å². The number of rotatable bonds is 10. The number of carboxylic acids is 1. The predicted octanol–water partition coefficient (Wildman–Crippen LogP) is 6.58. The van der Waals surface area contributed by atoms with Crippen molar-refractivity contribution in [2.45, 2.75) is 44.8 Å². The van der Waals surface area contributed by atoms with Crippen LogP contribution in [-0.4, -0.2) is 40.3 Å². The van der Waals surface area contributed by atoms with E-state index in [1.807, 2.05) is 36.4 Å². The maximum absolute atomic E-state index is 11.6. The quantitative estimate of drug-likeness (QED) is 0.178. The van der Waals surface area contributed by atoms with E-state index in [2.05, 4.69) is 52.3 Å². The zero-order valence-corrected chi connectivity index (χ0v) is 22.8. The van der Waals surface area contributed by atoms with E-state index in [9.17, 15) is 9.90 Å². The number of halogens is 1. The highest BCUT2D eigenvalue weighted by Gasteiger charge is 2.25. The molecule has 35 heavy (non-hydrogen) atoms. The molecule has 0 radical (unpaired) electrons. The highest BCUT2D eigenvalue weighted by Crippen LogP contribution is 2.31. The van der Waals surface area contributed by atoms with Gasteiger partial charge in [-0.2, -0.15) is 0 Å². The molecule has 4 aromatic rings. The van der Waals surface area contributed by atoms with Gasteiger partial charge in [-0.05, 0) is 64.3 Å². The first-order chi connectivity index (χ1) is 16.7. The highest BCUT2D eigenvalue weighted by atomic mass is 79.9. The zero-order chi connectivity index (χ0) is 25.0. The van der Waals surface area contributed by atoms with Crippen molar-refractivity contribution in [2.24, 2.45) is 0 Å². The van der Waals surface area contributed by atoms with Gasteiger partial charge in [0.1, 0.15) is 12.6 Å². The molecule has 0 amide bonds. The number of aromatic nitrogens is 3. The van der Waals surface area contributed by atoms with E-state index < -0.39 is 14.0 Å². The summed E-state index contributed by atoms with van der Waals surface area (Å²) in [4.78, 5) is 21.3. The number of pyridine rings is 1. The molecule has 8 heteroatoms. The molecule has 2 aromatic carbocycles. The number of carboxylic acid groups (broad SMARTS) is 1. The maximum Gasteiger partial charge on any atom is 0.335 e. The summed E-state index contributed by atoms with van der Waals surface area (Å²) in [6.45, 7) is 8.03. The Morgan fingerprint density at radius 1 is 1.11 bits per heavy atom. The van der Waals surface area contributed by atoms with Crippen LogP contribution in [0.25, 0.3) is 11.0 Å². The number of hydrogen-bond acceptors (Lipinski definition) is 4. The van der Waals surface area contributed by atoms with Gasteiger partial charge in [-0.3, -0.25) is 4.98 Å². The molecule has 0 saturated heterocycles. The van der Waals surface area contributed by atoms with E-state index in [1.54, 1.807) is 18.3 Å². The average Bonchev–Trinajstić information content (AvgIpc) is 3.18. The van der Waals surface area contributed by atoms with E-state index in [0.717, 1.165) is 27.6 Å². The minimum atomic E-state index is -1.23. The molecule has 0 bridgehead atoms. The van der Waals surface area contributed by atoms with Crippen LogP contribution in [0.1, 0.15) is 33.4 Å². The number of benzene rings is 2. The summed E-state index contributed by atoms with van der Waals surface area (Å²) in [5, 5.41) is 9.51. The first-order valence-corrected chi connectivity index (χ1v) is 16.2. The fourth-order valence-corrected chi connectivity index (χ4v) is 4.98. The minimum absolute atomic E-state index is 0.133. The molecule has 2 aromatic heterocycles. The highest BCUT2D eigenvalue weighted by molar-refractivity contribution is 9.10. The van der Waals surface area contributed by atoms with E-state index in [4.69, 9.17) is 14.7 Å². The molecule has 4 rings (SSSR count). The molecule has 0 fully saturated rings. The third-order valence-corrected chi connectivity index (χ3v) is 8.12. The minimum Gasteiger partial charge on any atom is -0.478 e. The van der Waals surface area contributed by atoms with Crippen LogP contribution < -0.4 is 0 Å². The van der Waals surface area contributed by atoms with Gasteiger partial charge in [0.15, 0.2) is 0 Å². The lowest BCUT2D eigenvalue weighted by molar-refractivity contribution is 0.0697. The number of aromatic carboxylic acids is 1. The molecular formula is C27H30BrN3O3Si. The Hall–Kier alpha value is -2.81. The van der Waals surface area contributed by atoms with Gasteiger partial charge in [0.2, 0.25) is 0 Å². The van der Waals surface area contributed by atoms with E-state index >= 15 is 0 Å². The Morgan fingerprint density at radius 2 is 1.89 bits per heavy atom. The van der Waals surface area contributed by atoms with Crippen molar-refractivity contribution in [3.63, 3.8) is 0 Å². The van der Waals surface area contributed by atoms with Crippen molar-refractivity contribution in [3.8, 4) is 0 Å². The number of fused-ring (bicyclic) bond motifs is 1. The maximum atomic E-state index is 11.6. The van der Waals surface area contributed by atoms with Gasteiger partial charge < -0.3 is 14.4 Å². The van der Waals surface area contributed by atoms with Crippen molar-refractivity contribution >= 4 is 41.0 Å². The Bertz CT molecular complexity index is 1300. The van der Waals surface area contributed by atoms with Crippen molar-refractivity contribution in [1.82, 2.24) is 14.5 Å². The molecule has 1 N–H and O–H groups in total. The molecule has 0 aliphatic rings. The van der Waals surface area contributed by atoms with Gasteiger partial charge in [-0.15, -0.1) is 0 Å². The van der Waals surface area contributed by atoms with Gasteiger partial charge in [0.25, 0.3) is 0 Å². The molecular weight excluding hydrogens is 522 g/mol. The number of ether oxygens (including phenoxy) is 1. The summed E-state index contributed by atoms with van der Waals surface area (Å²) in [5.74, 6) is -0.286. The first-order valence-electron chi connectivity index (χ1n) is 11.7. The summed E-state index contributed by atoms with van der Waals surface area (Å²) in [7, 11) is -1.23. The summed E-state index contributed by atoms with van der Waals surface area (Å²) in [5.41, 5.74) is 3.78. The molecule has 1 unspecified atom stereocenters. The fraction of sp³-hybridized carbons (Fsp3) is 0.296. The molecule has 0 aliphatic heterocycles. The molecule has 0 aliphatic carbocycles. The second-order valence-corrected chi connectivity index (χ2v) is 16.4. The van der Waals surface area contributed by atoms with Crippen LogP contribution in [-0.2, 0) is 17.9 Å².